The number of allylic oxidation sites excluding steroid dienone is 2. The quantitative estimate of drug-likeness (QED) is 0.263. The topological polar surface area (TPSA) is 82.3 Å². The largest absolute Gasteiger partial charge is 0.358 e. The standard InChI is InChI=1S/C31H27FN6/c1-4-27-25(13-18(2)22-14-24(17-33-16-22)35-19(3)20-5-6-20)31(38-37-27)29-15-26-28(36-29)11-12-34-30(26)21-7-9-23(32)10-8-21/h4,7-17,20,35-37H,2-3,5-6H2,1H3/b25-13+,27-4+. The molecule has 0 atom stereocenters. The Balaban J connectivity index is 1.39. The highest BCUT2D eigenvalue weighted by Gasteiger charge is 2.24. The van der Waals surface area contributed by atoms with Gasteiger partial charge in [0.25, 0.3) is 0 Å². The van der Waals surface area contributed by atoms with Gasteiger partial charge in [0.2, 0.25) is 0 Å². The Labute approximate surface area is 219 Å². The Bertz CT molecular complexity index is 1810. The van der Waals surface area contributed by atoms with Crippen molar-refractivity contribution in [2.24, 2.45) is 5.92 Å². The van der Waals surface area contributed by atoms with Gasteiger partial charge in [0.05, 0.1) is 28.6 Å². The Morgan fingerprint density at radius 1 is 1.08 bits per heavy atom. The molecule has 0 aliphatic heterocycles. The van der Waals surface area contributed by atoms with E-state index in [1.807, 2.05) is 43.5 Å². The number of benzene rings is 1. The second-order valence-electron chi connectivity index (χ2n) is 9.56. The fourth-order valence-electron chi connectivity index (χ4n) is 4.62. The average Bonchev–Trinajstić information content (AvgIpc) is 3.57. The van der Waals surface area contributed by atoms with Crippen molar-refractivity contribution in [1.82, 2.24) is 25.1 Å². The third-order valence-electron chi connectivity index (χ3n) is 6.85. The van der Waals surface area contributed by atoms with Crippen LogP contribution in [0, 0.1) is 11.7 Å². The van der Waals surface area contributed by atoms with E-state index in [0.717, 1.165) is 66.6 Å². The summed E-state index contributed by atoms with van der Waals surface area (Å²) in [7, 11) is 0. The van der Waals surface area contributed by atoms with E-state index in [1.54, 1.807) is 24.5 Å². The summed E-state index contributed by atoms with van der Waals surface area (Å²) in [4.78, 5) is 12.5. The first kappa shape index (κ1) is 23.6. The van der Waals surface area contributed by atoms with Gasteiger partial charge in [-0.3, -0.25) is 15.1 Å². The van der Waals surface area contributed by atoms with E-state index >= 15 is 0 Å². The molecule has 4 heterocycles. The van der Waals surface area contributed by atoms with Crippen molar-refractivity contribution in [3.8, 4) is 22.6 Å². The van der Waals surface area contributed by atoms with E-state index in [9.17, 15) is 4.39 Å². The number of aromatic amines is 2. The van der Waals surface area contributed by atoms with Crippen molar-refractivity contribution >= 4 is 34.3 Å². The third kappa shape index (κ3) is 4.54. The third-order valence-corrected chi connectivity index (χ3v) is 6.85. The molecule has 188 valence electrons. The summed E-state index contributed by atoms with van der Waals surface area (Å²) in [5.74, 6) is 0.278. The van der Waals surface area contributed by atoms with Crippen LogP contribution in [-0.4, -0.2) is 25.1 Å². The maximum Gasteiger partial charge on any atom is 0.123 e. The first-order valence-corrected chi connectivity index (χ1v) is 12.6. The summed E-state index contributed by atoms with van der Waals surface area (Å²) in [6.45, 7) is 10.4. The number of aromatic nitrogens is 5. The van der Waals surface area contributed by atoms with Crippen molar-refractivity contribution in [2.45, 2.75) is 19.8 Å². The Morgan fingerprint density at radius 2 is 1.89 bits per heavy atom. The molecule has 0 saturated heterocycles. The molecule has 1 aliphatic rings. The molecule has 0 radical (unpaired) electrons. The zero-order chi connectivity index (χ0) is 26.2. The SMILES string of the molecule is C=C(/C=c1/c(-c2cc3c(-c4ccc(F)cc4)nccc3[nH]2)n[nH]/c1=C/C)c1cncc(NC(=C)C2CC2)c1. The van der Waals surface area contributed by atoms with E-state index < -0.39 is 0 Å². The van der Waals surface area contributed by atoms with Gasteiger partial charge in [-0.2, -0.15) is 5.10 Å². The minimum atomic E-state index is -0.277. The summed E-state index contributed by atoms with van der Waals surface area (Å²) in [6, 6.07) is 12.4. The van der Waals surface area contributed by atoms with Gasteiger partial charge in [0, 0.05) is 45.3 Å². The number of hydrogen-bond acceptors (Lipinski definition) is 4. The molecule has 6 nitrogen and oxygen atoms in total. The molecule has 3 N–H and O–H groups in total. The Hall–Kier alpha value is -4.78. The molecule has 5 aromatic rings. The predicted octanol–water partition coefficient (Wildman–Crippen LogP) is 5.78. The van der Waals surface area contributed by atoms with Crippen LogP contribution in [0.4, 0.5) is 10.1 Å². The summed E-state index contributed by atoms with van der Waals surface area (Å²) in [6.07, 6.45) is 11.7. The molecule has 1 fully saturated rings. The van der Waals surface area contributed by atoms with Crippen molar-refractivity contribution in [3.05, 3.63) is 102 Å². The van der Waals surface area contributed by atoms with Crippen LogP contribution in [0.25, 0.3) is 51.3 Å². The Morgan fingerprint density at radius 3 is 2.66 bits per heavy atom. The molecule has 1 aromatic carbocycles. The predicted molar refractivity (Wildman–Crippen MR) is 152 cm³/mol. The second kappa shape index (κ2) is 9.59. The number of pyridine rings is 2. The minimum Gasteiger partial charge on any atom is -0.358 e. The molecule has 0 spiro atoms. The summed E-state index contributed by atoms with van der Waals surface area (Å²) in [5, 5.41) is 13.9. The maximum atomic E-state index is 13.5. The van der Waals surface area contributed by atoms with Crippen LogP contribution in [0.3, 0.4) is 0 Å². The number of nitrogens with one attached hydrogen (secondary N) is 3. The van der Waals surface area contributed by atoms with Crippen LogP contribution in [0.5, 0.6) is 0 Å². The Kier molecular flexibility index (Phi) is 5.96. The smallest absolute Gasteiger partial charge is 0.123 e. The maximum absolute atomic E-state index is 13.5. The van der Waals surface area contributed by atoms with E-state index in [0.29, 0.717) is 5.92 Å². The number of anilines is 1. The summed E-state index contributed by atoms with van der Waals surface area (Å²) in [5.41, 5.74) is 7.81. The molecular formula is C31H27FN6. The first-order valence-electron chi connectivity index (χ1n) is 12.6. The van der Waals surface area contributed by atoms with E-state index in [4.69, 9.17) is 0 Å². The lowest BCUT2D eigenvalue weighted by Crippen LogP contribution is -2.23. The lowest BCUT2D eigenvalue weighted by molar-refractivity contribution is 0.628. The van der Waals surface area contributed by atoms with Crippen molar-refractivity contribution in [2.75, 3.05) is 5.32 Å². The van der Waals surface area contributed by atoms with Crippen molar-refractivity contribution < 1.29 is 4.39 Å². The first-order chi connectivity index (χ1) is 18.5. The zero-order valence-electron chi connectivity index (χ0n) is 21.1. The number of H-pyrrole nitrogens is 2. The monoisotopic (exact) mass is 502 g/mol. The van der Waals surface area contributed by atoms with Crippen LogP contribution in [-0.2, 0) is 0 Å². The van der Waals surface area contributed by atoms with Gasteiger partial charge in [-0.05, 0) is 79.8 Å². The lowest BCUT2D eigenvalue weighted by atomic mass is 10.1. The second-order valence-corrected chi connectivity index (χ2v) is 9.56. The lowest BCUT2D eigenvalue weighted by Gasteiger charge is -2.09. The molecule has 0 amide bonds. The van der Waals surface area contributed by atoms with E-state index in [-0.39, 0.29) is 5.82 Å². The summed E-state index contributed by atoms with van der Waals surface area (Å²) < 4.78 is 13.5. The van der Waals surface area contributed by atoms with E-state index in [2.05, 4.69) is 43.6 Å². The summed E-state index contributed by atoms with van der Waals surface area (Å²) >= 11 is 0. The van der Waals surface area contributed by atoms with Crippen molar-refractivity contribution in [3.63, 3.8) is 0 Å². The fourth-order valence-corrected chi connectivity index (χ4v) is 4.62. The number of fused-ring (bicyclic) bond motifs is 1. The van der Waals surface area contributed by atoms with Gasteiger partial charge in [-0.1, -0.05) is 19.2 Å². The molecular weight excluding hydrogens is 475 g/mol. The fraction of sp³-hybridized carbons (Fsp3) is 0.129. The zero-order valence-corrected chi connectivity index (χ0v) is 21.1. The number of rotatable bonds is 7. The van der Waals surface area contributed by atoms with Gasteiger partial charge in [-0.25, -0.2) is 4.39 Å². The molecule has 0 unspecified atom stereocenters. The van der Waals surface area contributed by atoms with Crippen LogP contribution in [0.2, 0.25) is 0 Å². The molecule has 7 heteroatoms. The molecule has 6 rings (SSSR count). The van der Waals surface area contributed by atoms with E-state index in [1.165, 1.54) is 25.0 Å². The van der Waals surface area contributed by atoms with Gasteiger partial charge in [0.1, 0.15) is 11.5 Å². The highest BCUT2D eigenvalue weighted by molar-refractivity contribution is 5.96. The van der Waals surface area contributed by atoms with Crippen LogP contribution in [0.15, 0.2) is 79.9 Å². The van der Waals surface area contributed by atoms with Gasteiger partial charge in [0.15, 0.2) is 0 Å². The highest BCUT2D eigenvalue weighted by Crippen LogP contribution is 2.36. The van der Waals surface area contributed by atoms with Crippen molar-refractivity contribution in [1.29, 1.82) is 0 Å². The molecule has 1 aliphatic carbocycles. The van der Waals surface area contributed by atoms with Crippen LogP contribution >= 0.6 is 0 Å². The van der Waals surface area contributed by atoms with Gasteiger partial charge in [-0.15, -0.1) is 0 Å². The number of nitrogens with zero attached hydrogens (tertiary/aromatic N) is 3. The average molecular weight is 503 g/mol. The van der Waals surface area contributed by atoms with Gasteiger partial charge < -0.3 is 10.3 Å². The molecule has 4 aromatic heterocycles. The number of halogens is 1. The molecule has 0 bridgehead atoms. The minimum absolute atomic E-state index is 0.277. The molecule has 1 saturated carbocycles. The normalized spacial score (nSPS) is 14.3. The highest BCUT2D eigenvalue weighted by atomic mass is 19.1. The van der Waals surface area contributed by atoms with Crippen LogP contribution in [0.1, 0.15) is 25.3 Å². The van der Waals surface area contributed by atoms with Crippen LogP contribution < -0.4 is 15.9 Å². The van der Waals surface area contributed by atoms with Gasteiger partial charge >= 0.3 is 0 Å². The molecule has 38 heavy (non-hydrogen) atoms. The number of hydrogen-bond donors (Lipinski definition) is 3.